The Morgan fingerprint density at radius 1 is 1.17 bits per heavy atom. The molecule has 1 aromatic carbocycles. The summed E-state index contributed by atoms with van der Waals surface area (Å²) < 4.78 is 0. The van der Waals surface area contributed by atoms with Crippen LogP contribution in [0.2, 0.25) is 0 Å². The van der Waals surface area contributed by atoms with Gasteiger partial charge in [0.1, 0.15) is 5.82 Å². The molecule has 4 nitrogen and oxygen atoms in total. The van der Waals surface area contributed by atoms with Crippen molar-refractivity contribution in [3.05, 3.63) is 24.3 Å². The lowest BCUT2D eigenvalue weighted by Crippen LogP contribution is -2.19. The molecule has 1 heterocycles. The summed E-state index contributed by atoms with van der Waals surface area (Å²) in [4.78, 5) is 8.54. The molecule has 4 heteroatoms. The van der Waals surface area contributed by atoms with Crippen LogP contribution in [0.15, 0.2) is 24.3 Å². The molecule has 0 amide bonds. The lowest BCUT2D eigenvalue weighted by atomic mass is 10.1. The monoisotopic (exact) mass is 244 g/mol. The highest BCUT2D eigenvalue weighted by Crippen LogP contribution is 2.22. The van der Waals surface area contributed by atoms with E-state index in [-0.39, 0.29) is 0 Å². The predicted octanol–water partition coefficient (Wildman–Crippen LogP) is 3.06. The topological polar surface area (TPSA) is 63.8 Å². The predicted molar refractivity (Wildman–Crippen MR) is 76.5 cm³/mol. The Balaban J connectivity index is 2.32. The molecule has 0 aliphatic carbocycles. The van der Waals surface area contributed by atoms with Crippen molar-refractivity contribution >= 4 is 22.7 Å². The zero-order valence-electron chi connectivity index (χ0n) is 11.1. The van der Waals surface area contributed by atoms with Crippen molar-refractivity contribution < 1.29 is 0 Å². The zero-order chi connectivity index (χ0) is 13.1. The fourth-order valence-electron chi connectivity index (χ4n) is 2.20. The number of rotatable bonds is 4. The standard InChI is InChI=1S/C14H20N4/c1-9(2)8-10(3)16-13-11-6-4-5-7-12(11)17-14(15)18-13/h4-7,9-10H,8H2,1-3H3,(H3,15,16,17,18). The van der Waals surface area contributed by atoms with Gasteiger partial charge in [0.25, 0.3) is 0 Å². The second-order valence-corrected chi connectivity index (χ2v) is 5.12. The summed E-state index contributed by atoms with van der Waals surface area (Å²) in [7, 11) is 0. The van der Waals surface area contributed by atoms with Crippen molar-refractivity contribution in [1.82, 2.24) is 9.97 Å². The molecule has 1 aromatic heterocycles. The Kier molecular flexibility index (Phi) is 3.65. The summed E-state index contributed by atoms with van der Waals surface area (Å²) in [6, 6.07) is 8.27. The van der Waals surface area contributed by atoms with Gasteiger partial charge in [-0.3, -0.25) is 0 Å². The highest BCUT2D eigenvalue weighted by Gasteiger charge is 2.10. The van der Waals surface area contributed by atoms with Gasteiger partial charge in [-0.15, -0.1) is 0 Å². The van der Waals surface area contributed by atoms with Crippen molar-refractivity contribution in [2.75, 3.05) is 11.1 Å². The molecule has 0 spiro atoms. The Labute approximate surface area is 108 Å². The number of anilines is 2. The third-order valence-corrected chi connectivity index (χ3v) is 2.83. The van der Waals surface area contributed by atoms with E-state index < -0.39 is 0 Å². The van der Waals surface area contributed by atoms with Gasteiger partial charge in [-0.05, 0) is 31.4 Å². The average Bonchev–Trinajstić information content (AvgIpc) is 2.27. The first kappa shape index (κ1) is 12.6. The molecule has 0 saturated carbocycles. The molecule has 1 unspecified atom stereocenters. The van der Waals surface area contributed by atoms with E-state index in [2.05, 4.69) is 36.1 Å². The maximum atomic E-state index is 5.74. The minimum absolute atomic E-state index is 0.313. The molecule has 0 fully saturated rings. The SMILES string of the molecule is CC(C)CC(C)Nc1nc(N)nc2ccccc12. The number of benzene rings is 1. The van der Waals surface area contributed by atoms with Crippen LogP contribution in [0.1, 0.15) is 27.2 Å². The molecule has 96 valence electrons. The summed E-state index contributed by atoms with van der Waals surface area (Å²) in [6.07, 6.45) is 1.10. The first-order chi connectivity index (χ1) is 8.56. The van der Waals surface area contributed by atoms with Gasteiger partial charge < -0.3 is 11.1 Å². The molecule has 2 rings (SSSR count). The summed E-state index contributed by atoms with van der Waals surface area (Å²) in [6.45, 7) is 6.59. The number of aromatic nitrogens is 2. The van der Waals surface area contributed by atoms with Crippen LogP contribution in [-0.4, -0.2) is 16.0 Å². The number of nitrogens with two attached hydrogens (primary N) is 1. The number of para-hydroxylation sites is 1. The molecule has 2 aromatic rings. The fourth-order valence-corrected chi connectivity index (χ4v) is 2.20. The van der Waals surface area contributed by atoms with Gasteiger partial charge >= 0.3 is 0 Å². The van der Waals surface area contributed by atoms with E-state index in [1.54, 1.807) is 0 Å². The number of hydrogen-bond donors (Lipinski definition) is 2. The van der Waals surface area contributed by atoms with Gasteiger partial charge in [0, 0.05) is 11.4 Å². The van der Waals surface area contributed by atoms with Crippen LogP contribution in [0, 0.1) is 5.92 Å². The van der Waals surface area contributed by atoms with E-state index in [9.17, 15) is 0 Å². The molecule has 0 bridgehead atoms. The van der Waals surface area contributed by atoms with Gasteiger partial charge in [-0.25, -0.2) is 4.98 Å². The molecule has 18 heavy (non-hydrogen) atoms. The first-order valence-electron chi connectivity index (χ1n) is 6.35. The molecular formula is C14H20N4. The lowest BCUT2D eigenvalue weighted by Gasteiger charge is -2.17. The summed E-state index contributed by atoms with van der Waals surface area (Å²) >= 11 is 0. The number of nitrogen functional groups attached to an aromatic ring is 1. The molecule has 1 atom stereocenters. The Morgan fingerprint density at radius 2 is 1.89 bits per heavy atom. The van der Waals surface area contributed by atoms with E-state index in [4.69, 9.17) is 5.73 Å². The Morgan fingerprint density at radius 3 is 2.61 bits per heavy atom. The van der Waals surface area contributed by atoms with E-state index in [1.165, 1.54) is 0 Å². The van der Waals surface area contributed by atoms with Crippen molar-refractivity contribution in [2.24, 2.45) is 5.92 Å². The van der Waals surface area contributed by atoms with E-state index in [1.807, 2.05) is 24.3 Å². The van der Waals surface area contributed by atoms with Crippen LogP contribution in [-0.2, 0) is 0 Å². The molecule has 0 saturated heterocycles. The molecule has 0 radical (unpaired) electrons. The summed E-state index contributed by atoms with van der Waals surface area (Å²) in [5.41, 5.74) is 6.62. The number of fused-ring (bicyclic) bond motifs is 1. The van der Waals surface area contributed by atoms with Crippen LogP contribution in [0.3, 0.4) is 0 Å². The Bertz CT molecular complexity index is 536. The summed E-state index contributed by atoms with van der Waals surface area (Å²) in [5, 5.41) is 4.44. The quantitative estimate of drug-likeness (QED) is 0.867. The lowest BCUT2D eigenvalue weighted by molar-refractivity contribution is 0.539. The van der Waals surface area contributed by atoms with Crippen molar-refractivity contribution in [2.45, 2.75) is 33.2 Å². The normalized spacial score (nSPS) is 12.9. The maximum absolute atomic E-state index is 5.74. The fraction of sp³-hybridized carbons (Fsp3) is 0.429. The van der Waals surface area contributed by atoms with Crippen molar-refractivity contribution in [1.29, 1.82) is 0 Å². The van der Waals surface area contributed by atoms with Crippen molar-refractivity contribution in [3.63, 3.8) is 0 Å². The maximum Gasteiger partial charge on any atom is 0.222 e. The smallest absolute Gasteiger partial charge is 0.222 e. The highest BCUT2D eigenvalue weighted by molar-refractivity contribution is 5.89. The van der Waals surface area contributed by atoms with E-state index in [0.29, 0.717) is 17.9 Å². The minimum atomic E-state index is 0.313. The largest absolute Gasteiger partial charge is 0.368 e. The van der Waals surface area contributed by atoms with Gasteiger partial charge in [-0.1, -0.05) is 26.0 Å². The minimum Gasteiger partial charge on any atom is -0.368 e. The van der Waals surface area contributed by atoms with Crippen molar-refractivity contribution in [3.8, 4) is 0 Å². The second kappa shape index (κ2) is 5.21. The highest BCUT2D eigenvalue weighted by atomic mass is 15.1. The van der Waals surface area contributed by atoms with Gasteiger partial charge in [0.2, 0.25) is 5.95 Å². The van der Waals surface area contributed by atoms with E-state index >= 15 is 0 Å². The molecule has 0 aliphatic rings. The third kappa shape index (κ3) is 2.88. The number of hydrogen-bond acceptors (Lipinski definition) is 4. The number of nitrogens with one attached hydrogen (secondary N) is 1. The third-order valence-electron chi connectivity index (χ3n) is 2.83. The molecule has 0 aliphatic heterocycles. The second-order valence-electron chi connectivity index (χ2n) is 5.12. The van der Waals surface area contributed by atoms with Gasteiger partial charge in [-0.2, -0.15) is 4.98 Å². The number of nitrogens with zero attached hydrogens (tertiary/aromatic N) is 2. The zero-order valence-corrected chi connectivity index (χ0v) is 11.1. The first-order valence-corrected chi connectivity index (χ1v) is 6.35. The van der Waals surface area contributed by atoms with Gasteiger partial charge in [0.05, 0.1) is 5.52 Å². The average molecular weight is 244 g/mol. The summed E-state index contributed by atoms with van der Waals surface area (Å²) in [5.74, 6) is 1.79. The van der Waals surface area contributed by atoms with Crippen LogP contribution in [0.25, 0.3) is 10.9 Å². The van der Waals surface area contributed by atoms with Crippen LogP contribution in [0.4, 0.5) is 11.8 Å². The van der Waals surface area contributed by atoms with E-state index in [0.717, 1.165) is 23.1 Å². The Hall–Kier alpha value is -1.84. The molecule has 3 N–H and O–H groups in total. The molecular weight excluding hydrogens is 224 g/mol. The van der Waals surface area contributed by atoms with Gasteiger partial charge in [0.15, 0.2) is 0 Å². The van der Waals surface area contributed by atoms with Crippen LogP contribution >= 0.6 is 0 Å². The van der Waals surface area contributed by atoms with Crippen LogP contribution < -0.4 is 11.1 Å². The van der Waals surface area contributed by atoms with Crippen LogP contribution in [0.5, 0.6) is 0 Å².